The molecule has 5 atom stereocenters. The van der Waals surface area contributed by atoms with Crippen LogP contribution in [0.5, 0.6) is 0 Å². The van der Waals surface area contributed by atoms with Gasteiger partial charge in [-0.05, 0) is 49.7 Å². The van der Waals surface area contributed by atoms with Crippen LogP contribution < -0.4 is 5.32 Å². The maximum atomic E-state index is 12.3. The van der Waals surface area contributed by atoms with Crippen molar-refractivity contribution in [1.82, 2.24) is 5.32 Å². The van der Waals surface area contributed by atoms with E-state index in [1.54, 1.807) is 0 Å². The van der Waals surface area contributed by atoms with Crippen LogP contribution >= 0.6 is 11.8 Å². The molecule has 0 heterocycles. The highest BCUT2D eigenvalue weighted by Gasteiger charge is 2.40. The van der Waals surface area contributed by atoms with Crippen molar-refractivity contribution in [2.45, 2.75) is 50.3 Å². The normalized spacial score (nSPS) is 41.5. The van der Waals surface area contributed by atoms with Crippen LogP contribution in [0.1, 0.15) is 39.0 Å². The zero-order valence-electron chi connectivity index (χ0n) is 11.1. The van der Waals surface area contributed by atoms with Gasteiger partial charge in [-0.25, -0.2) is 0 Å². The fraction of sp³-hybridized carbons (Fsp3) is 0.800. The number of nitrogens with one attached hydrogen (secondary N) is 1. The Kier molecular flexibility index (Phi) is 3.69. The van der Waals surface area contributed by atoms with Gasteiger partial charge in [0.2, 0.25) is 5.91 Å². The van der Waals surface area contributed by atoms with Gasteiger partial charge in [0.15, 0.2) is 0 Å². The average Bonchev–Trinajstić information content (AvgIpc) is 3.05. The topological polar surface area (TPSA) is 29.1 Å². The molecule has 3 aliphatic carbocycles. The first-order chi connectivity index (χ1) is 8.76. The highest BCUT2D eigenvalue weighted by Crippen LogP contribution is 2.43. The van der Waals surface area contributed by atoms with Gasteiger partial charge in [0, 0.05) is 17.2 Å². The fourth-order valence-corrected chi connectivity index (χ4v) is 4.99. The number of fused-ring (bicyclic) bond motifs is 2. The lowest BCUT2D eigenvalue weighted by Crippen LogP contribution is -2.39. The third-order valence-corrected chi connectivity index (χ3v) is 5.98. The van der Waals surface area contributed by atoms with E-state index in [2.05, 4.69) is 36.2 Å². The number of rotatable bonds is 4. The number of hydrogen-bond acceptors (Lipinski definition) is 2. The molecule has 0 saturated heterocycles. The van der Waals surface area contributed by atoms with Crippen molar-refractivity contribution < 1.29 is 4.79 Å². The summed E-state index contributed by atoms with van der Waals surface area (Å²) in [6.07, 6.45) is 10.5. The predicted molar refractivity (Wildman–Crippen MR) is 76.5 cm³/mol. The third kappa shape index (κ3) is 2.47. The number of carbonyl (C=O) groups excluding carboxylic acids is 1. The molecule has 0 radical (unpaired) electrons. The summed E-state index contributed by atoms with van der Waals surface area (Å²) in [5.74, 6) is 3.04. The maximum Gasteiger partial charge on any atom is 0.223 e. The molecule has 1 amide bonds. The second-order valence-corrected chi connectivity index (χ2v) is 7.56. The summed E-state index contributed by atoms with van der Waals surface area (Å²) >= 11 is 2.05. The summed E-state index contributed by atoms with van der Waals surface area (Å²) in [6, 6.07) is 0.449. The lowest BCUT2D eigenvalue weighted by Gasteiger charge is -2.20. The van der Waals surface area contributed by atoms with Crippen molar-refractivity contribution in [3.63, 3.8) is 0 Å². The van der Waals surface area contributed by atoms with Crippen LogP contribution in [0.25, 0.3) is 0 Å². The summed E-state index contributed by atoms with van der Waals surface area (Å²) < 4.78 is 0. The van der Waals surface area contributed by atoms with Crippen LogP contribution in [0.3, 0.4) is 0 Å². The van der Waals surface area contributed by atoms with Crippen molar-refractivity contribution in [1.29, 1.82) is 0 Å². The van der Waals surface area contributed by atoms with Crippen LogP contribution in [-0.4, -0.2) is 23.0 Å². The van der Waals surface area contributed by atoms with Gasteiger partial charge in [0.25, 0.3) is 0 Å². The highest BCUT2D eigenvalue weighted by molar-refractivity contribution is 7.99. The molecule has 18 heavy (non-hydrogen) atoms. The zero-order valence-corrected chi connectivity index (χ0v) is 11.9. The Morgan fingerprint density at radius 1 is 1.28 bits per heavy atom. The third-order valence-electron chi connectivity index (χ3n) is 4.75. The van der Waals surface area contributed by atoms with Crippen molar-refractivity contribution in [2.24, 2.45) is 17.8 Å². The minimum Gasteiger partial charge on any atom is -0.353 e. The van der Waals surface area contributed by atoms with Crippen molar-refractivity contribution >= 4 is 17.7 Å². The zero-order chi connectivity index (χ0) is 12.5. The van der Waals surface area contributed by atoms with E-state index in [0.717, 1.165) is 11.7 Å². The highest BCUT2D eigenvalue weighted by atomic mass is 32.2. The first-order valence-corrected chi connectivity index (χ1v) is 8.41. The second kappa shape index (κ2) is 5.28. The van der Waals surface area contributed by atoms with E-state index in [1.165, 1.54) is 31.4 Å². The smallest absolute Gasteiger partial charge is 0.223 e. The SMILES string of the molecule is CCS[C@@H]1CC[C@H](NC(=O)[C@H]2C[C@H]3C=C[C@H]2C3)C1. The summed E-state index contributed by atoms with van der Waals surface area (Å²) in [7, 11) is 0. The molecule has 2 nitrogen and oxygen atoms in total. The summed E-state index contributed by atoms with van der Waals surface area (Å²) in [4.78, 5) is 12.3. The molecule has 100 valence electrons. The number of hydrogen-bond donors (Lipinski definition) is 1. The van der Waals surface area contributed by atoms with Gasteiger partial charge < -0.3 is 5.32 Å². The average molecular weight is 265 g/mol. The van der Waals surface area contributed by atoms with E-state index in [1.807, 2.05) is 0 Å². The number of thioether (sulfide) groups is 1. The lowest BCUT2D eigenvalue weighted by atomic mass is 9.92. The second-order valence-electron chi connectivity index (χ2n) is 5.98. The minimum absolute atomic E-state index is 0.276. The Labute approximate surface area is 114 Å². The first-order valence-electron chi connectivity index (χ1n) is 7.36. The van der Waals surface area contributed by atoms with E-state index >= 15 is 0 Å². The predicted octanol–water partition coefficient (Wildman–Crippen LogP) is 2.99. The molecule has 3 aliphatic rings. The van der Waals surface area contributed by atoms with Crippen molar-refractivity contribution in [2.75, 3.05) is 5.75 Å². The molecule has 0 aromatic heterocycles. The van der Waals surface area contributed by atoms with Crippen molar-refractivity contribution in [3.05, 3.63) is 12.2 Å². The van der Waals surface area contributed by atoms with E-state index in [0.29, 0.717) is 23.8 Å². The van der Waals surface area contributed by atoms with Crippen LogP contribution in [-0.2, 0) is 4.79 Å². The Morgan fingerprint density at radius 3 is 2.83 bits per heavy atom. The van der Waals surface area contributed by atoms with Gasteiger partial charge in [-0.2, -0.15) is 11.8 Å². The van der Waals surface area contributed by atoms with Crippen LogP contribution in [0.4, 0.5) is 0 Å². The van der Waals surface area contributed by atoms with Gasteiger partial charge in [-0.3, -0.25) is 4.79 Å². The van der Waals surface area contributed by atoms with E-state index in [-0.39, 0.29) is 5.92 Å². The summed E-state index contributed by atoms with van der Waals surface area (Å²) in [6.45, 7) is 2.22. The maximum absolute atomic E-state index is 12.3. The molecule has 1 N–H and O–H groups in total. The lowest BCUT2D eigenvalue weighted by molar-refractivity contribution is -0.126. The molecule has 0 spiro atoms. The molecule has 2 saturated carbocycles. The molecule has 3 rings (SSSR count). The Morgan fingerprint density at radius 2 is 2.17 bits per heavy atom. The Balaban J connectivity index is 1.49. The molecule has 2 fully saturated rings. The van der Waals surface area contributed by atoms with Gasteiger partial charge in [-0.15, -0.1) is 0 Å². The van der Waals surface area contributed by atoms with Crippen LogP contribution in [0, 0.1) is 17.8 Å². The van der Waals surface area contributed by atoms with E-state index < -0.39 is 0 Å². The molecule has 2 bridgehead atoms. The minimum atomic E-state index is 0.276. The van der Waals surface area contributed by atoms with E-state index in [4.69, 9.17) is 0 Å². The molecular formula is C15H23NOS. The quantitative estimate of drug-likeness (QED) is 0.792. The fourth-order valence-electron chi connectivity index (χ4n) is 3.85. The van der Waals surface area contributed by atoms with Gasteiger partial charge in [-0.1, -0.05) is 19.1 Å². The molecular weight excluding hydrogens is 242 g/mol. The standard InChI is InChI=1S/C15H23NOS/c1-2-18-13-6-5-12(9-13)16-15(17)14-8-10-3-4-11(14)7-10/h3-4,10-14H,2,5-9H2,1H3,(H,16,17)/t10-,11-,12-,13+,14-/m0/s1. The van der Waals surface area contributed by atoms with Crippen molar-refractivity contribution in [3.8, 4) is 0 Å². The van der Waals surface area contributed by atoms with Crippen LogP contribution in [0.2, 0.25) is 0 Å². The first kappa shape index (κ1) is 12.6. The molecule has 0 aliphatic heterocycles. The summed E-state index contributed by atoms with van der Waals surface area (Å²) in [5, 5.41) is 4.09. The Bertz CT molecular complexity index is 354. The number of carbonyl (C=O) groups is 1. The van der Waals surface area contributed by atoms with E-state index in [9.17, 15) is 4.79 Å². The largest absolute Gasteiger partial charge is 0.353 e. The number of amides is 1. The van der Waals surface area contributed by atoms with Gasteiger partial charge in [0.1, 0.15) is 0 Å². The van der Waals surface area contributed by atoms with Gasteiger partial charge in [0.05, 0.1) is 0 Å². The Hall–Kier alpha value is -0.440. The molecule has 0 aromatic rings. The van der Waals surface area contributed by atoms with Crippen LogP contribution in [0.15, 0.2) is 12.2 Å². The monoisotopic (exact) mass is 265 g/mol. The summed E-state index contributed by atoms with van der Waals surface area (Å²) in [5.41, 5.74) is 0. The number of allylic oxidation sites excluding steroid dienone is 2. The molecule has 0 unspecified atom stereocenters. The molecule has 3 heteroatoms. The molecule has 0 aromatic carbocycles. The van der Waals surface area contributed by atoms with Gasteiger partial charge >= 0.3 is 0 Å².